The summed E-state index contributed by atoms with van der Waals surface area (Å²) in [6, 6.07) is 14.1. The van der Waals surface area contributed by atoms with Crippen molar-refractivity contribution in [2.24, 2.45) is 5.92 Å². The van der Waals surface area contributed by atoms with Gasteiger partial charge in [-0.05, 0) is 49.4 Å². The van der Waals surface area contributed by atoms with Gasteiger partial charge < -0.3 is 14.5 Å². The Kier molecular flexibility index (Phi) is 5.72. The summed E-state index contributed by atoms with van der Waals surface area (Å²) in [6.07, 6.45) is 3.57. The summed E-state index contributed by atoms with van der Waals surface area (Å²) in [6.45, 7) is 2.38. The molecule has 2 aromatic carbocycles. The second-order valence-corrected chi connectivity index (χ2v) is 8.61. The van der Waals surface area contributed by atoms with E-state index in [1.165, 1.54) is 0 Å². The molecule has 6 heteroatoms. The van der Waals surface area contributed by atoms with Crippen molar-refractivity contribution < 1.29 is 14.3 Å². The molecule has 1 aliphatic carbocycles. The van der Waals surface area contributed by atoms with Crippen molar-refractivity contribution in [2.45, 2.75) is 32.5 Å². The van der Waals surface area contributed by atoms with Crippen LogP contribution in [0.3, 0.4) is 0 Å². The number of Topliss-reactive ketones (excluding diaryl/α,β-unsaturated/α-hetero) is 1. The van der Waals surface area contributed by atoms with E-state index in [4.69, 9.17) is 21.1 Å². The highest BCUT2D eigenvalue weighted by Gasteiger charge is 2.35. The van der Waals surface area contributed by atoms with Crippen LogP contribution < -0.4 is 0 Å². The molecular formula is C26H25ClN2O3. The van der Waals surface area contributed by atoms with Gasteiger partial charge in [-0.25, -0.2) is 0 Å². The lowest BCUT2D eigenvalue weighted by atomic mass is 9.95. The highest BCUT2D eigenvalue weighted by molar-refractivity contribution is 6.31. The number of halogens is 1. The number of aromatic nitrogens is 2. The first-order valence-electron chi connectivity index (χ1n) is 11.0. The number of methoxy groups -OCH3 is 1. The van der Waals surface area contributed by atoms with Gasteiger partial charge in [0.1, 0.15) is 5.69 Å². The third-order valence-corrected chi connectivity index (χ3v) is 6.44. The molecule has 4 aromatic rings. The quantitative estimate of drug-likeness (QED) is 0.256. The third-order valence-electron chi connectivity index (χ3n) is 6.07. The number of nitrogens with zero attached hydrogens (tertiary/aromatic N) is 1. The second-order valence-electron chi connectivity index (χ2n) is 8.20. The van der Waals surface area contributed by atoms with Gasteiger partial charge in [-0.1, -0.05) is 41.9 Å². The first kappa shape index (κ1) is 21.1. The zero-order valence-electron chi connectivity index (χ0n) is 18.2. The molecule has 0 bridgehead atoms. The van der Waals surface area contributed by atoms with Crippen molar-refractivity contribution in [3.8, 4) is 0 Å². The monoisotopic (exact) mass is 448 g/mol. The maximum absolute atomic E-state index is 13.2. The van der Waals surface area contributed by atoms with E-state index < -0.39 is 6.29 Å². The molecule has 32 heavy (non-hydrogen) atoms. The molecule has 1 unspecified atom stereocenters. The lowest BCUT2D eigenvalue weighted by Crippen LogP contribution is -2.16. The number of benzene rings is 2. The molecule has 0 radical (unpaired) electrons. The van der Waals surface area contributed by atoms with Gasteiger partial charge in [0.25, 0.3) is 0 Å². The molecule has 164 valence electrons. The van der Waals surface area contributed by atoms with Crippen LogP contribution in [0.15, 0.2) is 48.7 Å². The van der Waals surface area contributed by atoms with Crippen LogP contribution >= 0.6 is 11.6 Å². The third kappa shape index (κ3) is 3.71. The van der Waals surface area contributed by atoms with Gasteiger partial charge in [-0.15, -0.1) is 0 Å². The predicted molar refractivity (Wildman–Crippen MR) is 126 cm³/mol. The maximum atomic E-state index is 13.2. The molecule has 2 heterocycles. The molecule has 5 nitrogen and oxygen atoms in total. The average Bonchev–Trinajstić information content (AvgIpc) is 3.58. The number of nitrogens with one attached hydrogen (secondary N) is 1. The number of hydrogen-bond donors (Lipinski definition) is 1. The van der Waals surface area contributed by atoms with E-state index in [2.05, 4.69) is 16.0 Å². The van der Waals surface area contributed by atoms with Crippen molar-refractivity contribution in [2.75, 3.05) is 13.7 Å². The molecule has 1 saturated carbocycles. The minimum Gasteiger partial charge on any atom is -0.353 e. The molecule has 1 fully saturated rings. The smallest absolute Gasteiger partial charge is 0.186 e. The van der Waals surface area contributed by atoms with Crippen LogP contribution in [-0.4, -0.2) is 29.5 Å². The Morgan fingerprint density at radius 2 is 1.91 bits per heavy atom. The number of carbonyl (C=O) groups is 1. The van der Waals surface area contributed by atoms with Gasteiger partial charge in [0, 0.05) is 46.5 Å². The van der Waals surface area contributed by atoms with E-state index in [9.17, 15) is 4.79 Å². The molecular weight excluding hydrogens is 424 g/mol. The first-order valence-corrected chi connectivity index (χ1v) is 11.3. The predicted octanol–water partition coefficient (Wildman–Crippen LogP) is 6.23. The molecule has 1 aliphatic rings. The van der Waals surface area contributed by atoms with Crippen LogP contribution in [0.25, 0.3) is 21.8 Å². The van der Waals surface area contributed by atoms with Gasteiger partial charge in [-0.3, -0.25) is 9.78 Å². The maximum Gasteiger partial charge on any atom is 0.186 e. The summed E-state index contributed by atoms with van der Waals surface area (Å²) in [5, 5.41) is 2.72. The summed E-state index contributed by atoms with van der Waals surface area (Å²) < 4.78 is 11.6. The Labute approximate surface area is 191 Å². The Morgan fingerprint density at radius 1 is 1.12 bits per heavy atom. The Bertz CT molecular complexity index is 1310. The fourth-order valence-electron chi connectivity index (χ4n) is 4.41. The van der Waals surface area contributed by atoms with E-state index >= 15 is 0 Å². The Hall–Kier alpha value is -2.73. The number of ether oxygens (including phenoxy) is 2. The summed E-state index contributed by atoms with van der Waals surface area (Å²) in [4.78, 5) is 21.2. The second kappa shape index (κ2) is 8.66. The molecule has 0 aliphatic heterocycles. The SMILES string of the molecule is CCOC(OC)c1c(C(=O)C2CC2)ncc2[nH]c3cccc(Cc4ccccc4Cl)c3c12. The van der Waals surface area contributed by atoms with Crippen LogP contribution in [0.1, 0.15) is 53.2 Å². The van der Waals surface area contributed by atoms with Gasteiger partial charge in [0.05, 0.1) is 11.7 Å². The zero-order chi connectivity index (χ0) is 22.2. The largest absolute Gasteiger partial charge is 0.353 e. The van der Waals surface area contributed by atoms with E-state index in [0.717, 1.165) is 50.8 Å². The Morgan fingerprint density at radius 3 is 2.62 bits per heavy atom. The molecule has 5 rings (SSSR count). The van der Waals surface area contributed by atoms with E-state index in [1.54, 1.807) is 13.3 Å². The summed E-state index contributed by atoms with van der Waals surface area (Å²) in [7, 11) is 1.60. The fourth-order valence-corrected chi connectivity index (χ4v) is 4.62. The average molecular weight is 449 g/mol. The minimum absolute atomic E-state index is 0.0469. The number of hydrogen-bond acceptors (Lipinski definition) is 4. The highest BCUT2D eigenvalue weighted by atomic mass is 35.5. The minimum atomic E-state index is -0.679. The van der Waals surface area contributed by atoms with Crippen molar-refractivity contribution >= 4 is 39.2 Å². The van der Waals surface area contributed by atoms with Gasteiger partial charge >= 0.3 is 0 Å². The topological polar surface area (TPSA) is 64.2 Å². The molecule has 1 atom stereocenters. The van der Waals surface area contributed by atoms with Crippen molar-refractivity contribution in [3.05, 3.63) is 76.1 Å². The number of pyridine rings is 1. The van der Waals surface area contributed by atoms with Gasteiger partial charge in [-0.2, -0.15) is 0 Å². The molecule has 1 N–H and O–H groups in total. The summed E-state index contributed by atoms with van der Waals surface area (Å²) >= 11 is 6.47. The zero-order valence-corrected chi connectivity index (χ0v) is 18.9. The number of carbonyl (C=O) groups excluding carboxylic acids is 1. The number of H-pyrrole nitrogens is 1. The molecule has 0 amide bonds. The van der Waals surface area contributed by atoms with Gasteiger partial charge in [0.2, 0.25) is 0 Å². The fraction of sp³-hybridized carbons (Fsp3) is 0.308. The van der Waals surface area contributed by atoms with Crippen LogP contribution in [-0.2, 0) is 15.9 Å². The van der Waals surface area contributed by atoms with Crippen molar-refractivity contribution in [1.82, 2.24) is 9.97 Å². The lowest BCUT2D eigenvalue weighted by Gasteiger charge is -2.20. The van der Waals surface area contributed by atoms with E-state index in [0.29, 0.717) is 24.3 Å². The molecule has 0 saturated heterocycles. The summed E-state index contributed by atoms with van der Waals surface area (Å²) in [5.74, 6) is 0.118. The van der Waals surface area contributed by atoms with Crippen LogP contribution in [0, 0.1) is 5.92 Å². The van der Waals surface area contributed by atoms with Crippen LogP contribution in [0.4, 0.5) is 0 Å². The van der Waals surface area contributed by atoms with Gasteiger partial charge in [0.15, 0.2) is 12.1 Å². The number of fused-ring (bicyclic) bond motifs is 3. The van der Waals surface area contributed by atoms with Crippen LogP contribution in [0.5, 0.6) is 0 Å². The lowest BCUT2D eigenvalue weighted by molar-refractivity contribution is -0.123. The first-order chi connectivity index (χ1) is 15.6. The highest BCUT2D eigenvalue weighted by Crippen LogP contribution is 2.40. The van der Waals surface area contributed by atoms with Crippen LogP contribution in [0.2, 0.25) is 5.02 Å². The van der Waals surface area contributed by atoms with Crippen molar-refractivity contribution in [1.29, 1.82) is 0 Å². The number of ketones is 1. The standard InChI is InChI=1S/C26H25ClN2O3/c1-3-32-26(31-2)23-22-20(14-28-24(23)25(30)15-11-12-15)29-19-10-6-8-17(21(19)22)13-16-7-4-5-9-18(16)27/h4-10,14-15,26,29H,3,11-13H2,1-2H3. The number of rotatable bonds is 8. The van der Waals surface area contributed by atoms with E-state index in [1.807, 2.05) is 43.3 Å². The normalized spacial score (nSPS) is 14.8. The molecule has 2 aromatic heterocycles. The Balaban J connectivity index is 1.79. The summed E-state index contributed by atoms with van der Waals surface area (Å²) in [5.41, 5.74) is 5.17. The van der Waals surface area contributed by atoms with Crippen molar-refractivity contribution in [3.63, 3.8) is 0 Å². The molecule has 0 spiro atoms. The number of aromatic amines is 1. The van der Waals surface area contributed by atoms with E-state index in [-0.39, 0.29) is 11.7 Å².